The van der Waals surface area contributed by atoms with Gasteiger partial charge in [0.05, 0.1) is 0 Å². The third-order valence-corrected chi connectivity index (χ3v) is 4.11. The van der Waals surface area contributed by atoms with E-state index in [4.69, 9.17) is 0 Å². The van der Waals surface area contributed by atoms with Crippen LogP contribution in [-0.2, 0) is 0 Å². The largest absolute Gasteiger partial charge is 0.314 e. The Kier molecular flexibility index (Phi) is 5.66. The SMILES string of the molecule is CCC(C)CNC1CCCC(C(C)C)C1. The van der Waals surface area contributed by atoms with E-state index in [-0.39, 0.29) is 0 Å². The molecule has 0 radical (unpaired) electrons. The summed E-state index contributed by atoms with van der Waals surface area (Å²) in [5, 5.41) is 3.76. The molecular weight excluding hydrogens is 182 g/mol. The summed E-state index contributed by atoms with van der Waals surface area (Å²) in [5.41, 5.74) is 0. The fraction of sp³-hybridized carbons (Fsp3) is 1.00. The van der Waals surface area contributed by atoms with Crippen LogP contribution in [0.2, 0.25) is 0 Å². The van der Waals surface area contributed by atoms with Gasteiger partial charge < -0.3 is 5.32 Å². The molecular formula is C14H29N. The predicted octanol–water partition coefficient (Wildman–Crippen LogP) is 3.84. The van der Waals surface area contributed by atoms with E-state index in [0.29, 0.717) is 0 Å². The molecule has 90 valence electrons. The van der Waals surface area contributed by atoms with E-state index < -0.39 is 0 Å². The molecule has 0 amide bonds. The first-order valence-electron chi connectivity index (χ1n) is 6.86. The van der Waals surface area contributed by atoms with Crippen molar-refractivity contribution in [1.29, 1.82) is 0 Å². The number of hydrogen-bond donors (Lipinski definition) is 1. The van der Waals surface area contributed by atoms with Crippen molar-refractivity contribution in [3.8, 4) is 0 Å². The Labute approximate surface area is 96.0 Å². The third kappa shape index (κ3) is 4.55. The lowest BCUT2D eigenvalue weighted by atomic mass is 9.79. The van der Waals surface area contributed by atoms with E-state index in [1.807, 2.05) is 0 Å². The fourth-order valence-electron chi connectivity index (χ4n) is 2.53. The van der Waals surface area contributed by atoms with Crippen LogP contribution < -0.4 is 5.32 Å². The van der Waals surface area contributed by atoms with Crippen LogP contribution in [0.5, 0.6) is 0 Å². The van der Waals surface area contributed by atoms with Crippen molar-refractivity contribution in [3.63, 3.8) is 0 Å². The lowest BCUT2D eigenvalue weighted by Gasteiger charge is -2.32. The highest BCUT2D eigenvalue weighted by atomic mass is 14.9. The van der Waals surface area contributed by atoms with Crippen molar-refractivity contribution < 1.29 is 0 Å². The molecule has 15 heavy (non-hydrogen) atoms. The maximum atomic E-state index is 3.76. The van der Waals surface area contributed by atoms with E-state index in [9.17, 15) is 0 Å². The topological polar surface area (TPSA) is 12.0 Å². The van der Waals surface area contributed by atoms with Crippen molar-refractivity contribution >= 4 is 0 Å². The van der Waals surface area contributed by atoms with E-state index >= 15 is 0 Å². The molecule has 1 N–H and O–H groups in total. The standard InChI is InChI=1S/C14H29N/c1-5-12(4)10-15-14-8-6-7-13(9-14)11(2)3/h11-15H,5-10H2,1-4H3. The van der Waals surface area contributed by atoms with E-state index in [0.717, 1.165) is 23.8 Å². The Morgan fingerprint density at radius 3 is 2.53 bits per heavy atom. The van der Waals surface area contributed by atoms with Gasteiger partial charge >= 0.3 is 0 Å². The Morgan fingerprint density at radius 2 is 1.93 bits per heavy atom. The van der Waals surface area contributed by atoms with Crippen molar-refractivity contribution in [2.75, 3.05) is 6.54 Å². The zero-order chi connectivity index (χ0) is 11.3. The summed E-state index contributed by atoms with van der Waals surface area (Å²) in [6.07, 6.45) is 7.00. The zero-order valence-electron chi connectivity index (χ0n) is 11.1. The molecule has 3 atom stereocenters. The van der Waals surface area contributed by atoms with Gasteiger partial charge in [0.15, 0.2) is 0 Å². The van der Waals surface area contributed by atoms with Crippen LogP contribution in [0.3, 0.4) is 0 Å². The number of hydrogen-bond acceptors (Lipinski definition) is 1. The molecule has 1 fully saturated rings. The van der Waals surface area contributed by atoms with Gasteiger partial charge in [-0.25, -0.2) is 0 Å². The van der Waals surface area contributed by atoms with Gasteiger partial charge in [-0.05, 0) is 37.1 Å². The Morgan fingerprint density at radius 1 is 1.20 bits per heavy atom. The Hall–Kier alpha value is -0.0400. The van der Waals surface area contributed by atoms with Crippen LogP contribution in [0.4, 0.5) is 0 Å². The van der Waals surface area contributed by atoms with Gasteiger partial charge in [0, 0.05) is 6.04 Å². The molecule has 1 aliphatic rings. The molecule has 0 aromatic rings. The molecule has 0 aliphatic heterocycles. The maximum absolute atomic E-state index is 3.76. The molecule has 1 nitrogen and oxygen atoms in total. The first kappa shape index (κ1) is 13.0. The molecule has 1 saturated carbocycles. The monoisotopic (exact) mass is 211 g/mol. The average molecular weight is 211 g/mol. The van der Waals surface area contributed by atoms with Crippen molar-refractivity contribution in [2.24, 2.45) is 17.8 Å². The summed E-state index contributed by atoms with van der Waals surface area (Å²) >= 11 is 0. The molecule has 0 spiro atoms. The zero-order valence-corrected chi connectivity index (χ0v) is 11.1. The quantitative estimate of drug-likeness (QED) is 0.728. The first-order chi connectivity index (χ1) is 7.13. The van der Waals surface area contributed by atoms with Crippen molar-refractivity contribution in [3.05, 3.63) is 0 Å². The number of rotatable bonds is 5. The second kappa shape index (κ2) is 6.52. The molecule has 0 saturated heterocycles. The Balaban J connectivity index is 2.24. The van der Waals surface area contributed by atoms with Gasteiger partial charge in [-0.2, -0.15) is 0 Å². The highest BCUT2D eigenvalue weighted by Crippen LogP contribution is 2.29. The van der Waals surface area contributed by atoms with Gasteiger partial charge in [-0.3, -0.25) is 0 Å². The molecule has 3 unspecified atom stereocenters. The summed E-state index contributed by atoms with van der Waals surface area (Å²) < 4.78 is 0. The minimum absolute atomic E-state index is 0.806. The second-order valence-corrected chi connectivity index (χ2v) is 5.79. The van der Waals surface area contributed by atoms with Crippen LogP contribution in [0.15, 0.2) is 0 Å². The average Bonchev–Trinajstić information content (AvgIpc) is 2.26. The van der Waals surface area contributed by atoms with Crippen molar-refractivity contribution in [2.45, 2.75) is 65.8 Å². The lowest BCUT2D eigenvalue weighted by Crippen LogP contribution is -2.37. The van der Waals surface area contributed by atoms with Gasteiger partial charge in [-0.1, -0.05) is 47.0 Å². The lowest BCUT2D eigenvalue weighted by molar-refractivity contribution is 0.227. The van der Waals surface area contributed by atoms with Crippen LogP contribution >= 0.6 is 0 Å². The molecule has 0 aromatic heterocycles. The highest BCUT2D eigenvalue weighted by Gasteiger charge is 2.23. The molecule has 1 rings (SSSR count). The van der Waals surface area contributed by atoms with Crippen LogP contribution in [-0.4, -0.2) is 12.6 Å². The van der Waals surface area contributed by atoms with Crippen molar-refractivity contribution in [1.82, 2.24) is 5.32 Å². The van der Waals surface area contributed by atoms with E-state index in [2.05, 4.69) is 33.0 Å². The molecule has 0 aromatic carbocycles. The summed E-state index contributed by atoms with van der Waals surface area (Å²) in [5.74, 6) is 2.68. The summed E-state index contributed by atoms with van der Waals surface area (Å²) in [4.78, 5) is 0. The van der Waals surface area contributed by atoms with Crippen LogP contribution in [0, 0.1) is 17.8 Å². The van der Waals surface area contributed by atoms with Gasteiger partial charge in [0.25, 0.3) is 0 Å². The minimum Gasteiger partial charge on any atom is -0.314 e. The predicted molar refractivity (Wildman–Crippen MR) is 68.0 cm³/mol. The van der Waals surface area contributed by atoms with E-state index in [1.165, 1.54) is 38.6 Å². The minimum atomic E-state index is 0.806. The smallest absolute Gasteiger partial charge is 0.00699 e. The van der Waals surface area contributed by atoms with E-state index in [1.54, 1.807) is 0 Å². The fourth-order valence-corrected chi connectivity index (χ4v) is 2.53. The summed E-state index contributed by atoms with van der Waals surface area (Å²) in [7, 11) is 0. The molecule has 0 bridgehead atoms. The third-order valence-electron chi connectivity index (χ3n) is 4.11. The van der Waals surface area contributed by atoms with Gasteiger partial charge in [0.1, 0.15) is 0 Å². The first-order valence-corrected chi connectivity index (χ1v) is 6.86. The normalized spacial score (nSPS) is 29.4. The maximum Gasteiger partial charge on any atom is 0.00699 e. The summed E-state index contributed by atoms with van der Waals surface area (Å²) in [6, 6.07) is 0.806. The summed E-state index contributed by atoms with van der Waals surface area (Å²) in [6.45, 7) is 10.6. The van der Waals surface area contributed by atoms with Crippen LogP contribution in [0.25, 0.3) is 0 Å². The van der Waals surface area contributed by atoms with Crippen LogP contribution in [0.1, 0.15) is 59.8 Å². The second-order valence-electron chi connectivity index (χ2n) is 5.79. The highest BCUT2D eigenvalue weighted by molar-refractivity contribution is 4.79. The molecule has 1 aliphatic carbocycles. The number of nitrogens with one attached hydrogen (secondary N) is 1. The Bertz CT molecular complexity index is 165. The van der Waals surface area contributed by atoms with Gasteiger partial charge in [-0.15, -0.1) is 0 Å². The molecule has 1 heteroatoms. The molecule has 0 heterocycles. The van der Waals surface area contributed by atoms with Gasteiger partial charge in [0.2, 0.25) is 0 Å².